The first-order valence-corrected chi connectivity index (χ1v) is 10.2. The highest BCUT2D eigenvalue weighted by molar-refractivity contribution is 7.92. The number of para-hydroxylation sites is 2. The third-order valence-corrected chi connectivity index (χ3v) is 5.07. The first kappa shape index (κ1) is 21.7. The molecule has 160 valence electrons. The zero-order valence-corrected chi connectivity index (χ0v) is 16.4. The second-order valence-electron chi connectivity index (χ2n) is 6.11. The van der Waals surface area contributed by atoms with E-state index in [0.717, 1.165) is 6.20 Å². The molecule has 0 aliphatic heterocycles. The SMILES string of the molecule is COCCS(=O)(=O)Nc1nc2ccccc2nc1OC(c1cccnc1)C(F)(F)F. The molecule has 12 heteroatoms. The molecule has 30 heavy (non-hydrogen) atoms. The van der Waals surface area contributed by atoms with Crippen LogP contribution in [0.4, 0.5) is 19.0 Å². The van der Waals surface area contributed by atoms with Crippen LogP contribution in [0.2, 0.25) is 0 Å². The number of fused-ring (bicyclic) bond motifs is 1. The van der Waals surface area contributed by atoms with E-state index in [2.05, 4.69) is 19.7 Å². The van der Waals surface area contributed by atoms with Crippen LogP contribution in [0.1, 0.15) is 11.7 Å². The van der Waals surface area contributed by atoms with Crippen LogP contribution in [-0.2, 0) is 14.8 Å². The Morgan fingerprint density at radius 3 is 2.40 bits per heavy atom. The van der Waals surface area contributed by atoms with Gasteiger partial charge in [0.05, 0.1) is 23.4 Å². The number of nitrogens with zero attached hydrogens (tertiary/aromatic N) is 3. The first-order valence-electron chi connectivity index (χ1n) is 8.59. The summed E-state index contributed by atoms with van der Waals surface area (Å²) in [6.45, 7) is -0.118. The van der Waals surface area contributed by atoms with E-state index in [9.17, 15) is 21.6 Å². The van der Waals surface area contributed by atoms with Gasteiger partial charge in [-0.05, 0) is 18.2 Å². The van der Waals surface area contributed by atoms with Crippen LogP contribution in [0.5, 0.6) is 5.88 Å². The molecule has 2 aromatic heterocycles. The lowest BCUT2D eigenvalue weighted by molar-refractivity contribution is -0.198. The fourth-order valence-electron chi connectivity index (χ4n) is 2.49. The third-order valence-electron chi connectivity index (χ3n) is 3.86. The maximum atomic E-state index is 13.7. The van der Waals surface area contributed by atoms with Gasteiger partial charge in [0.2, 0.25) is 21.9 Å². The van der Waals surface area contributed by atoms with Crippen LogP contribution in [0.15, 0.2) is 48.8 Å². The van der Waals surface area contributed by atoms with Gasteiger partial charge in [0.15, 0.2) is 0 Å². The van der Waals surface area contributed by atoms with E-state index in [0.29, 0.717) is 0 Å². The van der Waals surface area contributed by atoms with Gasteiger partial charge >= 0.3 is 6.18 Å². The Bertz CT molecular complexity index is 1110. The number of aromatic nitrogens is 3. The number of pyridine rings is 1. The highest BCUT2D eigenvalue weighted by atomic mass is 32.2. The van der Waals surface area contributed by atoms with Gasteiger partial charge in [0.25, 0.3) is 5.88 Å². The molecule has 1 N–H and O–H groups in total. The smallest absolute Gasteiger partial charge is 0.429 e. The Kier molecular flexibility index (Phi) is 6.37. The fourth-order valence-corrected chi connectivity index (χ4v) is 3.41. The lowest BCUT2D eigenvalue weighted by Gasteiger charge is -2.22. The standard InChI is InChI=1S/C18H17F3N4O4S/c1-28-9-10-30(26,27)25-16-17(24-14-7-3-2-6-13(14)23-16)29-15(18(19,20)21)12-5-4-8-22-11-12/h2-8,11,15H,9-10H2,1H3,(H,23,25). The molecule has 0 fully saturated rings. The van der Waals surface area contributed by atoms with Crippen LogP contribution in [0.25, 0.3) is 11.0 Å². The van der Waals surface area contributed by atoms with Gasteiger partial charge in [0.1, 0.15) is 0 Å². The molecule has 1 aromatic carbocycles. The van der Waals surface area contributed by atoms with Crippen molar-refractivity contribution in [2.24, 2.45) is 0 Å². The van der Waals surface area contributed by atoms with Gasteiger partial charge in [-0.1, -0.05) is 18.2 Å². The van der Waals surface area contributed by atoms with Crippen LogP contribution in [-0.4, -0.2) is 49.0 Å². The normalized spacial score (nSPS) is 13.2. The molecule has 0 radical (unpaired) electrons. The number of benzene rings is 1. The zero-order chi connectivity index (χ0) is 21.8. The van der Waals surface area contributed by atoms with Gasteiger partial charge in [-0.2, -0.15) is 13.2 Å². The number of methoxy groups -OCH3 is 1. The molecule has 0 saturated heterocycles. The first-order chi connectivity index (χ1) is 14.2. The summed E-state index contributed by atoms with van der Waals surface area (Å²) in [5.41, 5.74) is 0.242. The van der Waals surface area contributed by atoms with E-state index in [-0.39, 0.29) is 23.2 Å². The molecule has 0 bridgehead atoms. The van der Waals surface area contributed by atoms with Crippen molar-refractivity contribution in [2.45, 2.75) is 12.3 Å². The Balaban J connectivity index is 2.06. The topological polar surface area (TPSA) is 103 Å². The molecule has 0 amide bonds. The van der Waals surface area contributed by atoms with E-state index in [1.165, 1.54) is 31.5 Å². The quantitative estimate of drug-likeness (QED) is 0.572. The number of sulfonamides is 1. The van der Waals surface area contributed by atoms with Crippen molar-refractivity contribution in [3.8, 4) is 5.88 Å². The highest BCUT2D eigenvalue weighted by Crippen LogP contribution is 2.38. The number of hydrogen-bond acceptors (Lipinski definition) is 7. The van der Waals surface area contributed by atoms with Crippen molar-refractivity contribution < 1.29 is 31.1 Å². The molecule has 3 aromatic rings. The summed E-state index contributed by atoms with van der Waals surface area (Å²) in [4.78, 5) is 11.8. The van der Waals surface area contributed by atoms with Gasteiger partial charge < -0.3 is 9.47 Å². The second kappa shape index (κ2) is 8.79. The molecule has 1 atom stereocenters. The van der Waals surface area contributed by atoms with E-state index < -0.39 is 39.8 Å². The minimum Gasteiger partial charge on any atom is -0.457 e. The number of rotatable bonds is 8. The van der Waals surface area contributed by atoms with Gasteiger partial charge in [-0.3, -0.25) is 9.71 Å². The number of alkyl halides is 3. The Labute approximate surface area is 170 Å². The molecule has 0 saturated carbocycles. The summed E-state index contributed by atoms with van der Waals surface area (Å²) in [6.07, 6.45) is -4.91. The third kappa shape index (κ3) is 5.33. The predicted octanol–water partition coefficient (Wildman–Crippen LogP) is 3.10. The summed E-state index contributed by atoms with van der Waals surface area (Å²) in [5.74, 6) is -1.49. The Hall–Kier alpha value is -2.99. The number of nitrogens with one attached hydrogen (secondary N) is 1. The minimum absolute atomic E-state index is 0.118. The molecule has 2 heterocycles. The van der Waals surface area contributed by atoms with Crippen LogP contribution < -0.4 is 9.46 Å². The highest BCUT2D eigenvalue weighted by Gasteiger charge is 2.44. The van der Waals surface area contributed by atoms with Gasteiger partial charge in [-0.25, -0.2) is 18.4 Å². The average molecular weight is 442 g/mol. The minimum atomic E-state index is -4.82. The maximum Gasteiger partial charge on any atom is 0.429 e. The molecule has 0 spiro atoms. The fraction of sp³-hybridized carbons (Fsp3) is 0.278. The lowest BCUT2D eigenvalue weighted by atomic mass is 10.1. The van der Waals surface area contributed by atoms with Gasteiger partial charge in [-0.15, -0.1) is 0 Å². The van der Waals surface area contributed by atoms with Crippen LogP contribution >= 0.6 is 0 Å². The second-order valence-corrected chi connectivity index (χ2v) is 7.95. The molecule has 1 unspecified atom stereocenters. The van der Waals surface area contributed by atoms with Crippen LogP contribution in [0, 0.1) is 0 Å². The summed E-state index contributed by atoms with van der Waals surface area (Å²) in [5, 5.41) is 0. The number of anilines is 1. The van der Waals surface area contributed by atoms with E-state index in [1.54, 1.807) is 18.2 Å². The maximum absolute atomic E-state index is 13.7. The van der Waals surface area contributed by atoms with E-state index >= 15 is 0 Å². The number of halogens is 3. The molecule has 3 rings (SSSR count). The van der Waals surface area contributed by atoms with Crippen molar-refractivity contribution >= 4 is 26.9 Å². The summed E-state index contributed by atoms with van der Waals surface area (Å²) in [7, 11) is -2.65. The average Bonchev–Trinajstić information content (AvgIpc) is 2.70. The predicted molar refractivity (Wildman–Crippen MR) is 102 cm³/mol. The van der Waals surface area contributed by atoms with Crippen molar-refractivity contribution in [1.82, 2.24) is 15.0 Å². The van der Waals surface area contributed by atoms with Crippen molar-refractivity contribution in [2.75, 3.05) is 24.2 Å². The Morgan fingerprint density at radius 1 is 1.10 bits per heavy atom. The molecular formula is C18H17F3N4O4S. The molecule has 8 nitrogen and oxygen atoms in total. The van der Waals surface area contributed by atoms with Gasteiger partial charge in [0, 0.05) is 25.1 Å². The monoisotopic (exact) mass is 442 g/mol. The summed E-state index contributed by atoms with van der Waals surface area (Å²) in [6, 6.07) is 8.84. The van der Waals surface area contributed by atoms with Crippen molar-refractivity contribution in [3.63, 3.8) is 0 Å². The van der Waals surface area contributed by atoms with E-state index in [4.69, 9.17) is 9.47 Å². The number of ether oxygens (including phenoxy) is 2. The lowest BCUT2D eigenvalue weighted by Crippen LogP contribution is -2.27. The largest absolute Gasteiger partial charge is 0.457 e. The molecule has 0 aliphatic carbocycles. The number of hydrogen-bond donors (Lipinski definition) is 1. The zero-order valence-electron chi connectivity index (χ0n) is 15.6. The molecular weight excluding hydrogens is 425 g/mol. The van der Waals surface area contributed by atoms with Crippen molar-refractivity contribution in [3.05, 3.63) is 54.4 Å². The molecule has 0 aliphatic rings. The van der Waals surface area contributed by atoms with E-state index in [1.807, 2.05) is 0 Å². The summed E-state index contributed by atoms with van der Waals surface area (Å²) >= 11 is 0. The summed E-state index contributed by atoms with van der Waals surface area (Å²) < 4.78 is 77.6. The van der Waals surface area contributed by atoms with Crippen LogP contribution in [0.3, 0.4) is 0 Å². The Morgan fingerprint density at radius 2 is 1.80 bits per heavy atom. The van der Waals surface area contributed by atoms with Crippen molar-refractivity contribution in [1.29, 1.82) is 0 Å².